The number of hydrogen-bond acceptors (Lipinski definition) is 8. The molecule has 0 aromatic heterocycles. The number of unbranched alkanes of at least 4 members (excludes halogenated alkanes) is 5. The first-order valence-corrected chi connectivity index (χ1v) is 14.0. The normalized spacial score (nSPS) is 18.3. The lowest BCUT2D eigenvalue weighted by molar-refractivity contribution is -0.152. The van der Waals surface area contributed by atoms with Crippen LogP contribution in [0.25, 0.3) is 0 Å². The molecule has 1 aliphatic rings. The van der Waals surface area contributed by atoms with Gasteiger partial charge in [-0.3, -0.25) is 14.4 Å². The van der Waals surface area contributed by atoms with Crippen molar-refractivity contribution in [3.63, 3.8) is 0 Å². The monoisotopic (exact) mass is 527 g/mol. The van der Waals surface area contributed by atoms with Gasteiger partial charge < -0.3 is 23.8 Å². The molecule has 0 spiro atoms. The Balaban J connectivity index is 2.60. The third kappa shape index (κ3) is 14.3. The highest BCUT2D eigenvalue weighted by molar-refractivity contribution is 5.76. The topological polar surface area (TPSA) is 108 Å². The van der Waals surface area contributed by atoms with Crippen molar-refractivity contribution < 1.29 is 38.1 Å². The Labute approximate surface area is 222 Å². The van der Waals surface area contributed by atoms with Crippen LogP contribution in [-0.2, 0) is 33.3 Å². The van der Waals surface area contributed by atoms with Crippen molar-refractivity contribution in [1.29, 1.82) is 0 Å². The molecule has 1 saturated heterocycles. The molecular formula is C28H49NO8. The van der Waals surface area contributed by atoms with Gasteiger partial charge in [0.05, 0.1) is 19.8 Å². The molecule has 1 fully saturated rings. The highest BCUT2D eigenvalue weighted by Gasteiger charge is 2.38. The molecule has 0 saturated carbocycles. The largest absolute Gasteiger partial charge is 0.466 e. The minimum Gasteiger partial charge on any atom is -0.466 e. The second-order valence-electron chi connectivity index (χ2n) is 10.8. The van der Waals surface area contributed by atoms with Gasteiger partial charge in [0.15, 0.2) is 0 Å². The van der Waals surface area contributed by atoms with Gasteiger partial charge in [0.25, 0.3) is 0 Å². The standard InChI is InChI=1S/C28H49NO8/c1-7-10-11-12-13-14-15-35-25(31)17-21(16-24(30)34-9-3)18-26(32)36-23-19-22(8-2)29(20-23)27(33)37-28(4,5)6/h21-23H,7-20H2,1-6H3. The number of rotatable bonds is 16. The number of esters is 3. The van der Waals surface area contributed by atoms with Crippen molar-refractivity contribution >= 4 is 24.0 Å². The van der Waals surface area contributed by atoms with E-state index in [0.29, 0.717) is 19.4 Å². The summed E-state index contributed by atoms with van der Waals surface area (Å²) >= 11 is 0. The fourth-order valence-corrected chi connectivity index (χ4v) is 4.40. The number of nitrogens with zero attached hydrogens (tertiary/aromatic N) is 1. The number of carbonyl (C=O) groups excluding carboxylic acids is 4. The van der Waals surface area contributed by atoms with E-state index >= 15 is 0 Å². The number of carbonyl (C=O) groups is 4. The van der Waals surface area contributed by atoms with Gasteiger partial charge in [-0.1, -0.05) is 46.0 Å². The Morgan fingerprint density at radius 2 is 1.43 bits per heavy atom. The SMILES string of the molecule is CCCCCCCCOC(=O)CC(CC(=O)OCC)CC(=O)OC1CC(CC)N(C(=O)OC(C)(C)C)C1. The smallest absolute Gasteiger partial charge is 0.410 e. The van der Waals surface area contributed by atoms with E-state index in [1.54, 1.807) is 11.8 Å². The Morgan fingerprint density at radius 3 is 2.03 bits per heavy atom. The second-order valence-corrected chi connectivity index (χ2v) is 10.8. The summed E-state index contributed by atoms with van der Waals surface area (Å²) in [5.74, 6) is -1.98. The van der Waals surface area contributed by atoms with Crippen molar-refractivity contribution in [2.75, 3.05) is 19.8 Å². The molecule has 0 bridgehead atoms. The zero-order chi connectivity index (χ0) is 27.8. The predicted molar refractivity (Wildman–Crippen MR) is 140 cm³/mol. The molecular weight excluding hydrogens is 478 g/mol. The highest BCUT2D eigenvalue weighted by Crippen LogP contribution is 2.26. The predicted octanol–water partition coefficient (Wildman–Crippen LogP) is 5.57. The van der Waals surface area contributed by atoms with Gasteiger partial charge in [0.1, 0.15) is 11.7 Å². The molecule has 9 heteroatoms. The van der Waals surface area contributed by atoms with E-state index in [1.165, 1.54) is 19.3 Å². The molecule has 37 heavy (non-hydrogen) atoms. The summed E-state index contributed by atoms with van der Waals surface area (Å²) in [7, 11) is 0. The van der Waals surface area contributed by atoms with E-state index in [1.807, 2.05) is 27.7 Å². The Morgan fingerprint density at radius 1 is 0.838 bits per heavy atom. The third-order valence-electron chi connectivity index (χ3n) is 6.21. The van der Waals surface area contributed by atoms with E-state index in [0.717, 1.165) is 19.3 Å². The second kappa shape index (κ2) is 17.2. The zero-order valence-electron chi connectivity index (χ0n) is 23.8. The van der Waals surface area contributed by atoms with Crippen LogP contribution in [0.1, 0.15) is 112 Å². The summed E-state index contributed by atoms with van der Waals surface area (Å²) < 4.78 is 21.5. The van der Waals surface area contributed by atoms with Crippen molar-refractivity contribution in [1.82, 2.24) is 4.90 Å². The maximum absolute atomic E-state index is 12.8. The minimum atomic E-state index is -0.617. The molecule has 214 valence electrons. The van der Waals surface area contributed by atoms with Crippen LogP contribution in [0.2, 0.25) is 0 Å². The number of amides is 1. The molecule has 0 aromatic carbocycles. The number of ether oxygens (including phenoxy) is 4. The van der Waals surface area contributed by atoms with E-state index in [2.05, 4.69) is 6.92 Å². The van der Waals surface area contributed by atoms with Crippen LogP contribution in [0.5, 0.6) is 0 Å². The van der Waals surface area contributed by atoms with Crippen molar-refractivity contribution in [2.45, 2.75) is 130 Å². The maximum atomic E-state index is 12.8. The summed E-state index contributed by atoms with van der Waals surface area (Å²) in [6.07, 6.45) is 6.61. The van der Waals surface area contributed by atoms with Crippen molar-refractivity contribution in [3.05, 3.63) is 0 Å². The number of likely N-dealkylation sites (tertiary alicyclic amines) is 1. The van der Waals surface area contributed by atoms with Crippen LogP contribution >= 0.6 is 0 Å². The summed E-state index contributed by atoms with van der Waals surface area (Å²) in [6.45, 7) is 12.1. The third-order valence-corrected chi connectivity index (χ3v) is 6.21. The van der Waals surface area contributed by atoms with Crippen molar-refractivity contribution in [3.8, 4) is 0 Å². The summed E-state index contributed by atoms with van der Waals surface area (Å²) in [5, 5.41) is 0. The molecule has 1 amide bonds. The van der Waals surface area contributed by atoms with Gasteiger partial charge in [-0.25, -0.2) is 4.79 Å². The molecule has 1 heterocycles. The average Bonchev–Trinajstić information content (AvgIpc) is 3.20. The molecule has 3 atom stereocenters. The van der Waals surface area contributed by atoms with Crippen LogP contribution in [0, 0.1) is 5.92 Å². The summed E-state index contributed by atoms with van der Waals surface area (Å²) in [5.41, 5.74) is -0.617. The molecule has 0 N–H and O–H groups in total. The maximum Gasteiger partial charge on any atom is 0.410 e. The van der Waals surface area contributed by atoms with Crippen LogP contribution in [0.15, 0.2) is 0 Å². The molecule has 0 radical (unpaired) electrons. The van der Waals surface area contributed by atoms with Crippen LogP contribution in [0.4, 0.5) is 4.79 Å². The first kappa shape index (κ1) is 32.7. The lowest BCUT2D eigenvalue weighted by Gasteiger charge is -2.27. The molecule has 1 rings (SSSR count). The van der Waals surface area contributed by atoms with E-state index in [4.69, 9.17) is 18.9 Å². The Hall–Kier alpha value is -2.32. The van der Waals surface area contributed by atoms with Gasteiger partial charge in [0, 0.05) is 31.7 Å². The van der Waals surface area contributed by atoms with Gasteiger partial charge in [-0.2, -0.15) is 0 Å². The number of hydrogen-bond donors (Lipinski definition) is 0. The van der Waals surface area contributed by atoms with Crippen LogP contribution in [-0.4, -0.2) is 66.4 Å². The lowest BCUT2D eigenvalue weighted by Crippen LogP contribution is -2.40. The fourth-order valence-electron chi connectivity index (χ4n) is 4.40. The van der Waals surface area contributed by atoms with Crippen molar-refractivity contribution in [2.24, 2.45) is 5.92 Å². The fraction of sp³-hybridized carbons (Fsp3) is 0.857. The lowest BCUT2D eigenvalue weighted by atomic mass is 9.97. The first-order valence-electron chi connectivity index (χ1n) is 14.0. The van der Waals surface area contributed by atoms with E-state index in [9.17, 15) is 19.2 Å². The Kier molecular flexibility index (Phi) is 15.2. The highest BCUT2D eigenvalue weighted by atomic mass is 16.6. The summed E-state index contributed by atoms with van der Waals surface area (Å²) in [4.78, 5) is 51.4. The Bertz CT molecular complexity index is 717. The quantitative estimate of drug-likeness (QED) is 0.146. The molecule has 9 nitrogen and oxygen atoms in total. The minimum absolute atomic E-state index is 0.0595. The van der Waals surface area contributed by atoms with Gasteiger partial charge in [0.2, 0.25) is 0 Å². The molecule has 3 unspecified atom stereocenters. The van der Waals surface area contributed by atoms with Crippen LogP contribution < -0.4 is 0 Å². The molecule has 1 aliphatic heterocycles. The average molecular weight is 528 g/mol. The van der Waals surface area contributed by atoms with E-state index < -0.39 is 41.6 Å². The van der Waals surface area contributed by atoms with E-state index in [-0.39, 0.29) is 38.5 Å². The van der Waals surface area contributed by atoms with Gasteiger partial charge in [-0.15, -0.1) is 0 Å². The van der Waals surface area contributed by atoms with Gasteiger partial charge >= 0.3 is 24.0 Å². The zero-order valence-corrected chi connectivity index (χ0v) is 23.8. The molecule has 0 aliphatic carbocycles. The summed E-state index contributed by atoms with van der Waals surface area (Å²) in [6, 6.07) is -0.0834. The van der Waals surface area contributed by atoms with Gasteiger partial charge in [-0.05, 0) is 46.5 Å². The molecule has 0 aromatic rings. The van der Waals surface area contributed by atoms with Crippen LogP contribution in [0.3, 0.4) is 0 Å². The first-order chi connectivity index (χ1) is 17.5.